The molecule has 2 heterocycles. The summed E-state index contributed by atoms with van der Waals surface area (Å²) < 4.78 is 0. The fourth-order valence-electron chi connectivity index (χ4n) is 3.59. The van der Waals surface area contributed by atoms with Gasteiger partial charge in [0, 0.05) is 39.1 Å². The molecule has 5 nitrogen and oxygen atoms in total. The molecule has 0 aromatic heterocycles. The van der Waals surface area contributed by atoms with E-state index in [0.29, 0.717) is 31.0 Å². The Morgan fingerprint density at radius 3 is 2.45 bits per heavy atom. The van der Waals surface area contributed by atoms with E-state index in [1.807, 2.05) is 6.92 Å². The highest BCUT2D eigenvalue weighted by Gasteiger charge is 2.34. The molecule has 114 valence electrons. The van der Waals surface area contributed by atoms with Gasteiger partial charge in [0.15, 0.2) is 0 Å². The van der Waals surface area contributed by atoms with E-state index in [9.17, 15) is 9.59 Å². The van der Waals surface area contributed by atoms with Gasteiger partial charge in [0.05, 0.1) is 5.92 Å². The molecular formula is C15H27N3O2. The zero-order valence-electron chi connectivity index (χ0n) is 12.8. The number of piperidine rings is 1. The summed E-state index contributed by atoms with van der Waals surface area (Å²) in [6, 6.07) is 1.25. The van der Waals surface area contributed by atoms with Crippen molar-refractivity contribution in [2.24, 2.45) is 11.8 Å². The molecule has 0 spiro atoms. The SMILES string of the molecule is CNC(=O)C(C)CN(C)C(=O)CC1CC2CCC(C1)N2. The number of hydrogen-bond acceptors (Lipinski definition) is 3. The van der Waals surface area contributed by atoms with Crippen LogP contribution in [0.3, 0.4) is 0 Å². The van der Waals surface area contributed by atoms with E-state index in [4.69, 9.17) is 0 Å². The molecule has 3 atom stereocenters. The minimum Gasteiger partial charge on any atom is -0.359 e. The van der Waals surface area contributed by atoms with Crippen LogP contribution in [0.4, 0.5) is 0 Å². The molecule has 2 aliphatic rings. The standard InChI is InChI=1S/C15H27N3O2/c1-10(15(20)16-2)9-18(3)14(19)8-11-6-12-4-5-13(7-11)17-12/h10-13,17H,4-9H2,1-3H3,(H,16,20). The zero-order chi connectivity index (χ0) is 14.7. The quantitative estimate of drug-likeness (QED) is 0.781. The normalized spacial score (nSPS) is 29.9. The van der Waals surface area contributed by atoms with Gasteiger partial charge in [-0.3, -0.25) is 9.59 Å². The first-order valence-electron chi connectivity index (χ1n) is 7.71. The molecule has 0 aliphatic carbocycles. The summed E-state index contributed by atoms with van der Waals surface area (Å²) in [5, 5.41) is 6.22. The molecule has 5 heteroatoms. The van der Waals surface area contributed by atoms with Crippen LogP contribution in [0.5, 0.6) is 0 Å². The molecule has 2 bridgehead atoms. The number of amides is 2. The Hall–Kier alpha value is -1.10. The van der Waals surface area contributed by atoms with Crippen molar-refractivity contribution in [3.8, 4) is 0 Å². The largest absolute Gasteiger partial charge is 0.359 e. The molecule has 0 aromatic rings. The number of hydrogen-bond donors (Lipinski definition) is 2. The van der Waals surface area contributed by atoms with E-state index in [1.54, 1.807) is 19.0 Å². The lowest BCUT2D eigenvalue weighted by Gasteiger charge is -2.30. The van der Waals surface area contributed by atoms with E-state index in [1.165, 1.54) is 12.8 Å². The summed E-state index contributed by atoms with van der Waals surface area (Å²) in [4.78, 5) is 25.5. The first kappa shape index (κ1) is 15.3. The van der Waals surface area contributed by atoms with Crippen molar-refractivity contribution in [3.05, 3.63) is 0 Å². The van der Waals surface area contributed by atoms with Crippen molar-refractivity contribution in [2.45, 2.75) is 51.1 Å². The number of rotatable bonds is 5. The Labute approximate surface area is 121 Å². The second kappa shape index (κ2) is 6.57. The summed E-state index contributed by atoms with van der Waals surface area (Å²) in [6.07, 6.45) is 5.41. The molecule has 0 radical (unpaired) electrons. The van der Waals surface area contributed by atoms with Gasteiger partial charge in [-0.2, -0.15) is 0 Å². The van der Waals surface area contributed by atoms with Gasteiger partial charge in [0.25, 0.3) is 0 Å². The van der Waals surface area contributed by atoms with Gasteiger partial charge in [-0.1, -0.05) is 6.92 Å². The highest BCUT2D eigenvalue weighted by molar-refractivity contribution is 5.80. The number of nitrogens with zero attached hydrogens (tertiary/aromatic N) is 1. The van der Waals surface area contributed by atoms with Crippen LogP contribution >= 0.6 is 0 Å². The number of carbonyl (C=O) groups excluding carboxylic acids is 2. The van der Waals surface area contributed by atoms with Crippen LogP contribution in [0.15, 0.2) is 0 Å². The Morgan fingerprint density at radius 2 is 1.90 bits per heavy atom. The highest BCUT2D eigenvalue weighted by atomic mass is 16.2. The second-order valence-corrected chi connectivity index (χ2v) is 6.47. The molecule has 2 fully saturated rings. The number of nitrogens with one attached hydrogen (secondary N) is 2. The predicted molar refractivity (Wildman–Crippen MR) is 78.2 cm³/mol. The molecule has 2 aliphatic heterocycles. The summed E-state index contributed by atoms with van der Waals surface area (Å²) in [5.74, 6) is 0.522. The molecule has 2 rings (SSSR count). The third-order valence-corrected chi connectivity index (χ3v) is 4.70. The maximum Gasteiger partial charge on any atom is 0.224 e. The van der Waals surface area contributed by atoms with Crippen molar-refractivity contribution in [3.63, 3.8) is 0 Å². The Morgan fingerprint density at radius 1 is 1.30 bits per heavy atom. The monoisotopic (exact) mass is 281 g/mol. The highest BCUT2D eigenvalue weighted by Crippen LogP contribution is 2.32. The smallest absolute Gasteiger partial charge is 0.224 e. The van der Waals surface area contributed by atoms with Gasteiger partial charge >= 0.3 is 0 Å². The maximum absolute atomic E-state index is 12.3. The van der Waals surface area contributed by atoms with E-state index >= 15 is 0 Å². The maximum atomic E-state index is 12.3. The van der Waals surface area contributed by atoms with E-state index in [0.717, 1.165) is 12.8 Å². The van der Waals surface area contributed by atoms with Crippen molar-refractivity contribution in [1.29, 1.82) is 0 Å². The van der Waals surface area contributed by atoms with Crippen LogP contribution in [-0.4, -0.2) is 49.4 Å². The van der Waals surface area contributed by atoms with Crippen LogP contribution < -0.4 is 10.6 Å². The van der Waals surface area contributed by atoms with Crippen molar-refractivity contribution in [1.82, 2.24) is 15.5 Å². The van der Waals surface area contributed by atoms with Crippen LogP contribution in [0, 0.1) is 11.8 Å². The van der Waals surface area contributed by atoms with Gasteiger partial charge in [-0.15, -0.1) is 0 Å². The van der Waals surface area contributed by atoms with E-state index in [-0.39, 0.29) is 17.7 Å². The molecule has 3 unspecified atom stereocenters. The van der Waals surface area contributed by atoms with Crippen molar-refractivity contribution >= 4 is 11.8 Å². The van der Waals surface area contributed by atoms with Gasteiger partial charge in [-0.25, -0.2) is 0 Å². The topological polar surface area (TPSA) is 61.4 Å². The van der Waals surface area contributed by atoms with Crippen LogP contribution in [0.1, 0.15) is 39.0 Å². The molecule has 0 aromatic carbocycles. The Balaban J connectivity index is 1.77. The van der Waals surface area contributed by atoms with Gasteiger partial charge in [0.1, 0.15) is 0 Å². The van der Waals surface area contributed by atoms with Crippen LogP contribution in [-0.2, 0) is 9.59 Å². The third-order valence-electron chi connectivity index (χ3n) is 4.70. The van der Waals surface area contributed by atoms with Crippen molar-refractivity contribution in [2.75, 3.05) is 20.6 Å². The molecule has 2 N–H and O–H groups in total. The van der Waals surface area contributed by atoms with Crippen LogP contribution in [0.25, 0.3) is 0 Å². The third kappa shape index (κ3) is 3.72. The molecule has 20 heavy (non-hydrogen) atoms. The first-order valence-corrected chi connectivity index (χ1v) is 7.71. The minimum absolute atomic E-state index is 0.00967. The summed E-state index contributed by atoms with van der Waals surface area (Å²) in [6.45, 7) is 2.35. The lowest BCUT2D eigenvalue weighted by molar-refractivity contribution is -0.133. The van der Waals surface area contributed by atoms with E-state index in [2.05, 4.69) is 10.6 Å². The molecular weight excluding hydrogens is 254 g/mol. The van der Waals surface area contributed by atoms with Gasteiger partial charge in [-0.05, 0) is 31.6 Å². The predicted octanol–water partition coefficient (Wildman–Crippen LogP) is 0.748. The lowest BCUT2D eigenvalue weighted by atomic mass is 9.89. The average Bonchev–Trinajstić information content (AvgIpc) is 2.76. The summed E-state index contributed by atoms with van der Waals surface area (Å²) in [7, 11) is 3.43. The fourth-order valence-corrected chi connectivity index (χ4v) is 3.59. The molecule has 2 amide bonds. The Bertz CT molecular complexity index is 360. The summed E-state index contributed by atoms with van der Waals surface area (Å²) >= 11 is 0. The van der Waals surface area contributed by atoms with E-state index < -0.39 is 0 Å². The zero-order valence-corrected chi connectivity index (χ0v) is 12.8. The summed E-state index contributed by atoms with van der Waals surface area (Å²) in [5.41, 5.74) is 0. The van der Waals surface area contributed by atoms with Gasteiger partial charge in [0.2, 0.25) is 11.8 Å². The average molecular weight is 281 g/mol. The van der Waals surface area contributed by atoms with Crippen molar-refractivity contribution < 1.29 is 9.59 Å². The van der Waals surface area contributed by atoms with Crippen LogP contribution in [0.2, 0.25) is 0 Å². The second-order valence-electron chi connectivity index (χ2n) is 6.47. The number of carbonyl (C=O) groups is 2. The molecule has 2 saturated heterocycles. The fraction of sp³-hybridized carbons (Fsp3) is 0.867. The minimum atomic E-state index is -0.154. The molecule has 0 saturated carbocycles. The lowest BCUT2D eigenvalue weighted by Crippen LogP contribution is -2.41. The Kier molecular flexibility index (Phi) is 5.02. The first-order chi connectivity index (χ1) is 9.49. The van der Waals surface area contributed by atoms with Gasteiger partial charge < -0.3 is 15.5 Å². The number of fused-ring (bicyclic) bond motifs is 2.